The monoisotopic (exact) mass is 406 g/mol. The summed E-state index contributed by atoms with van der Waals surface area (Å²) in [6.07, 6.45) is 0. The van der Waals surface area contributed by atoms with Gasteiger partial charge in [-0.15, -0.1) is 0 Å². The van der Waals surface area contributed by atoms with Crippen LogP contribution < -0.4 is 10.1 Å². The van der Waals surface area contributed by atoms with E-state index in [0.717, 1.165) is 0 Å². The van der Waals surface area contributed by atoms with Gasteiger partial charge < -0.3 is 14.5 Å². The van der Waals surface area contributed by atoms with Crippen molar-refractivity contribution in [3.8, 4) is 5.75 Å². The van der Waals surface area contributed by atoms with Crippen LogP contribution >= 0.6 is 23.2 Å². The van der Waals surface area contributed by atoms with Crippen molar-refractivity contribution in [2.75, 3.05) is 5.32 Å². The number of hydrogen-bond donors (Lipinski definition) is 1. The maximum atomic E-state index is 12.2. The molecule has 7 nitrogen and oxygen atoms in total. The van der Waals surface area contributed by atoms with Gasteiger partial charge in [0.1, 0.15) is 23.1 Å². The van der Waals surface area contributed by atoms with E-state index in [0.29, 0.717) is 27.2 Å². The largest absolute Gasteiger partial charge is 0.484 e. The molecular formula is C18H12Cl2N2O5. The molecule has 27 heavy (non-hydrogen) atoms. The lowest BCUT2D eigenvalue weighted by atomic mass is 10.3. The first kappa shape index (κ1) is 18.8. The number of nitrogens with zero attached hydrogens (tertiary/aromatic N) is 1. The number of amides is 1. The fourth-order valence-electron chi connectivity index (χ4n) is 2.18. The quantitative estimate of drug-likeness (QED) is 0.441. The van der Waals surface area contributed by atoms with E-state index in [4.69, 9.17) is 32.4 Å². The van der Waals surface area contributed by atoms with Crippen LogP contribution in [0.15, 0.2) is 59.0 Å². The van der Waals surface area contributed by atoms with Gasteiger partial charge in [-0.1, -0.05) is 29.3 Å². The summed E-state index contributed by atoms with van der Waals surface area (Å²) >= 11 is 12.0. The van der Waals surface area contributed by atoms with Crippen LogP contribution in [0.5, 0.6) is 5.75 Å². The zero-order valence-corrected chi connectivity index (χ0v) is 15.2. The average molecular weight is 407 g/mol. The Morgan fingerprint density at radius 2 is 1.85 bits per heavy atom. The molecule has 1 N–H and O–H groups in total. The van der Waals surface area contributed by atoms with Gasteiger partial charge >= 0.3 is 0 Å². The normalized spacial score (nSPS) is 10.4. The fraction of sp³-hybridized carbons (Fsp3) is 0.0556. The second kappa shape index (κ2) is 8.11. The highest BCUT2D eigenvalue weighted by molar-refractivity contribution is 6.42. The summed E-state index contributed by atoms with van der Waals surface area (Å²) in [6, 6.07) is 13.6. The molecule has 0 radical (unpaired) electrons. The molecule has 0 bridgehead atoms. The smallest absolute Gasteiger partial charge is 0.291 e. The van der Waals surface area contributed by atoms with Crippen molar-refractivity contribution in [1.82, 2.24) is 0 Å². The molecule has 2 aromatic carbocycles. The van der Waals surface area contributed by atoms with Crippen LogP contribution in [0.25, 0.3) is 0 Å². The van der Waals surface area contributed by atoms with Crippen molar-refractivity contribution in [1.29, 1.82) is 0 Å². The number of benzene rings is 2. The van der Waals surface area contributed by atoms with Crippen LogP contribution in [0.4, 0.5) is 11.4 Å². The third-order valence-electron chi connectivity index (χ3n) is 3.51. The number of carbonyl (C=O) groups excluding carboxylic acids is 1. The minimum absolute atomic E-state index is 0.0604. The number of nitrogens with one attached hydrogen (secondary N) is 1. The molecule has 1 aromatic heterocycles. The maximum absolute atomic E-state index is 12.2. The highest BCUT2D eigenvalue weighted by Crippen LogP contribution is 2.32. The van der Waals surface area contributed by atoms with Gasteiger partial charge in [0.25, 0.3) is 11.6 Å². The summed E-state index contributed by atoms with van der Waals surface area (Å²) in [4.78, 5) is 22.3. The van der Waals surface area contributed by atoms with E-state index < -0.39 is 10.8 Å². The van der Waals surface area contributed by atoms with Crippen molar-refractivity contribution in [3.05, 3.63) is 86.3 Å². The Bertz CT molecular complexity index is 986. The molecule has 3 aromatic rings. The number of furan rings is 1. The van der Waals surface area contributed by atoms with E-state index in [1.165, 1.54) is 30.3 Å². The zero-order valence-electron chi connectivity index (χ0n) is 13.6. The van der Waals surface area contributed by atoms with Crippen LogP contribution in [0.3, 0.4) is 0 Å². The summed E-state index contributed by atoms with van der Waals surface area (Å²) < 4.78 is 11.0. The lowest BCUT2D eigenvalue weighted by Gasteiger charge is -2.07. The maximum Gasteiger partial charge on any atom is 0.291 e. The molecule has 1 heterocycles. The first-order chi connectivity index (χ1) is 12.9. The summed E-state index contributed by atoms with van der Waals surface area (Å²) in [6.45, 7) is 0.0604. The Labute approximate surface area is 163 Å². The second-order valence-electron chi connectivity index (χ2n) is 5.36. The molecule has 0 atom stereocenters. The van der Waals surface area contributed by atoms with E-state index in [1.54, 1.807) is 24.3 Å². The number of carbonyl (C=O) groups is 1. The standard InChI is InChI=1S/C18H12Cl2N2O5/c19-14-2-1-3-15(17(14)20)26-10-13-8-9-16(27-13)18(23)21-11-4-6-12(7-5-11)22(24)25/h1-9H,10H2,(H,21,23). The minimum atomic E-state index is -0.517. The molecule has 0 aliphatic heterocycles. The third kappa shape index (κ3) is 4.58. The molecule has 0 aliphatic carbocycles. The molecule has 0 aliphatic rings. The number of hydrogen-bond acceptors (Lipinski definition) is 5. The zero-order chi connectivity index (χ0) is 19.4. The van der Waals surface area contributed by atoms with E-state index >= 15 is 0 Å². The number of anilines is 1. The van der Waals surface area contributed by atoms with Gasteiger partial charge in [-0.3, -0.25) is 14.9 Å². The molecule has 1 amide bonds. The van der Waals surface area contributed by atoms with Crippen molar-refractivity contribution in [2.45, 2.75) is 6.61 Å². The first-order valence-corrected chi connectivity index (χ1v) is 8.41. The predicted octanol–water partition coefficient (Wildman–Crippen LogP) is 5.33. The lowest BCUT2D eigenvalue weighted by Crippen LogP contribution is -2.10. The van der Waals surface area contributed by atoms with Crippen LogP contribution in [0.1, 0.15) is 16.3 Å². The molecule has 0 spiro atoms. The Balaban J connectivity index is 1.62. The predicted molar refractivity (Wildman–Crippen MR) is 101 cm³/mol. The average Bonchev–Trinajstić information content (AvgIpc) is 3.12. The number of ether oxygens (including phenoxy) is 1. The number of rotatable bonds is 6. The number of non-ortho nitro benzene ring substituents is 1. The van der Waals surface area contributed by atoms with Gasteiger partial charge in [0.05, 0.1) is 9.95 Å². The van der Waals surface area contributed by atoms with E-state index in [1.807, 2.05) is 0 Å². The van der Waals surface area contributed by atoms with Gasteiger partial charge in [0.2, 0.25) is 0 Å². The molecule has 138 valence electrons. The molecule has 0 fully saturated rings. The highest BCUT2D eigenvalue weighted by atomic mass is 35.5. The fourth-order valence-corrected chi connectivity index (χ4v) is 2.53. The van der Waals surface area contributed by atoms with Crippen molar-refractivity contribution in [3.63, 3.8) is 0 Å². The molecule has 0 saturated heterocycles. The van der Waals surface area contributed by atoms with Crippen molar-refractivity contribution >= 4 is 40.5 Å². The van der Waals surface area contributed by atoms with Gasteiger partial charge in [0, 0.05) is 17.8 Å². The highest BCUT2D eigenvalue weighted by Gasteiger charge is 2.13. The second-order valence-corrected chi connectivity index (χ2v) is 6.15. The minimum Gasteiger partial charge on any atom is -0.484 e. The third-order valence-corrected chi connectivity index (χ3v) is 4.31. The summed E-state index contributed by atoms with van der Waals surface area (Å²) in [5, 5.41) is 13.9. The Morgan fingerprint density at radius 1 is 1.11 bits per heavy atom. The molecular weight excluding hydrogens is 395 g/mol. The summed E-state index contributed by atoms with van der Waals surface area (Å²) in [5.74, 6) is 0.400. The van der Waals surface area contributed by atoms with Crippen LogP contribution in [-0.2, 0) is 6.61 Å². The first-order valence-electron chi connectivity index (χ1n) is 7.65. The Hall–Kier alpha value is -3.03. The Kier molecular flexibility index (Phi) is 5.63. The van der Waals surface area contributed by atoms with E-state index in [2.05, 4.69) is 5.32 Å². The summed E-state index contributed by atoms with van der Waals surface area (Å²) in [5.41, 5.74) is 0.343. The van der Waals surface area contributed by atoms with Crippen molar-refractivity contribution in [2.24, 2.45) is 0 Å². The number of nitro benzene ring substituents is 1. The molecule has 3 rings (SSSR count). The Morgan fingerprint density at radius 3 is 2.56 bits per heavy atom. The summed E-state index contributed by atoms with van der Waals surface area (Å²) in [7, 11) is 0. The van der Waals surface area contributed by atoms with Crippen molar-refractivity contribution < 1.29 is 18.9 Å². The van der Waals surface area contributed by atoms with Crippen LogP contribution in [0, 0.1) is 10.1 Å². The van der Waals surface area contributed by atoms with Gasteiger partial charge in [-0.2, -0.15) is 0 Å². The topological polar surface area (TPSA) is 94.6 Å². The number of nitro groups is 1. The van der Waals surface area contributed by atoms with E-state index in [9.17, 15) is 14.9 Å². The van der Waals surface area contributed by atoms with E-state index in [-0.39, 0.29) is 18.1 Å². The molecule has 0 saturated carbocycles. The van der Waals surface area contributed by atoms with Crippen LogP contribution in [0.2, 0.25) is 10.0 Å². The lowest BCUT2D eigenvalue weighted by molar-refractivity contribution is -0.384. The van der Waals surface area contributed by atoms with Gasteiger partial charge in [-0.05, 0) is 36.4 Å². The van der Waals surface area contributed by atoms with Gasteiger partial charge in [-0.25, -0.2) is 0 Å². The van der Waals surface area contributed by atoms with Crippen LogP contribution in [-0.4, -0.2) is 10.8 Å². The SMILES string of the molecule is O=C(Nc1ccc([N+](=O)[O-])cc1)c1ccc(COc2cccc(Cl)c2Cl)o1. The van der Waals surface area contributed by atoms with Gasteiger partial charge in [0.15, 0.2) is 5.76 Å². The molecule has 0 unspecified atom stereocenters. The molecule has 9 heteroatoms. The number of halogens is 2.